The standard InChI is InChI=1S/C12H26N2O/c1-10(2)11(7-13)8-14-12(3)5-4-6-15-9-12/h10-11,14H,4-9,13H2,1-3H3. The van der Waals surface area contributed by atoms with Gasteiger partial charge in [0.25, 0.3) is 0 Å². The van der Waals surface area contributed by atoms with Crippen molar-refractivity contribution in [1.82, 2.24) is 5.32 Å². The van der Waals surface area contributed by atoms with E-state index in [-0.39, 0.29) is 5.54 Å². The van der Waals surface area contributed by atoms with Gasteiger partial charge in [0.15, 0.2) is 0 Å². The number of rotatable bonds is 5. The van der Waals surface area contributed by atoms with Crippen molar-refractivity contribution in [2.24, 2.45) is 17.6 Å². The van der Waals surface area contributed by atoms with E-state index < -0.39 is 0 Å². The topological polar surface area (TPSA) is 47.3 Å². The Morgan fingerprint density at radius 2 is 2.20 bits per heavy atom. The van der Waals surface area contributed by atoms with Crippen LogP contribution >= 0.6 is 0 Å². The summed E-state index contributed by atoms with van der Waals surface area (Å²) in [6.07, 6.45) is 2.38. The highest BCUT2D eigenvalue weighted by atomic mass is 16.5. The van der Waals surface area contributed by atoms with Crippen molar-refractivity contribution in [3.63, 3.8) is 0 Å². The van der Waals surface area contributed by atoms with E-state index in [4.69, 9.17) is 10.5 Å². The van der Waals surface area contributed by atoms with E-state index >= 15 is 0 Å². The zero-order valence-corrected chi connectivity index (χ0v) is 10.4. The van der Waals surface area contributed by atoms with E-state index in [1.807, 2.05) is 0 Å². The van der Waals surface area contributed by atoms with Gasteiger partial charge in [-0.3, -0.25) is 0 Å². The summed E-state index contributed by atoms with van der Waals surface area (Å²) in [5.41, 5.74) is 5.93. The van der Waals surface area contributed by atoms with E-state index in [2.05, 4.69) is 26.1 Å². The Labute approximate surface area is 93.8 Å². The van der Waals surface area contributed by atoms with Gasteiger partial charge < -0.3 is 15.8 Å². The molecule has 1 aliphatic heterocycles. The molecule has 0 saturated carbocycles. The molecule has 1 saturated heterocycles. The van der Waals surface area contributed by atoms with Crippen LogP contribution in [-0.4, -0.2) is 31.8 Å². The average molecular weight is 214 g/mol. The summed E-state index contributed by atoms with van der Waals surface area (Å²) in [4.78, 5) is 0. The van der Waals surface area contributed by atoms with E-state index in [0.29, 0.717) is 11.8 Å². The first kappa shape index (κ1) is 12.9. The Kier molecular flexibility index (Phi) is 5.03. The van der Waals surface area contributed by atoms with E-state index in [1.54, 1.807) is 0 Å². The maximum Gasteiger partial charge on any atom is 0.0645 e. The molecule has 2 unspecified atom stereocenters. The van der Waals surface area contributed by atoms with Gasteiger partial charge in [-0.25, -0.2) is 0 Å². The first-order valence-electron chi connectivity index (χ1n) is 6.10. The summed E-state index contributed by atoms with van der Waals surface area (Å²) < 4.78 is 5.52. The first-order valence-corrected chi connectivity index (χ1v) is 6.10. The number of nitrogens with one attached hydrogen (secondary N) is 1. The predicted molar refractivity (Wildman–Crippen MR) is 63.8 cm³/mol. The SMILES string of the molecule is CC(C)C(CN)CNC1(C)CCCOC1. The second-order valence-electron chi connectivity index (χ2n) is 5.34. The minimum atomic E-state index is 0.167. The summed E-state index contributed by atoms with van der Waals surface area (Å²) in [6, 6.07) is 0. The molecule has 3 N–H and O–H groups in total. The molecular formula is C12H26N2O. The predicted octanol–water partition coefficient (Wildman–Crippen LogP) is 1.38. The monoisotopic (exact) mass is 214 g/mol. The van der Waals surface area contributed by atoms with Gasteiger partial charge in [0.05, 0.1) is 6.61 Å². The molecule has 1 aliphatic rings. The minimum Gasteiger partial charge on any atom is -0.380 e. The Morgan fingerprint density at radius 1 is 1.47 bits per heavy atom. The second kappa shape index (κ2) is 5.83. The minimum absolute atomic E-state index is 0.167. The van der Waals surface area contributed by atoms with E-state index in [1.165, 1.54) is 12.8 Å². The molecule has 0 bridgehead atoms. The van der Waals surface area contributed by atoms with Gasteiger partial charge in [-0.05, 0) is 44.7 Å². The molecule has 3 heteroatoms. The van der Waals surface area contributed by atoms with Crippen LogP contribution in [0.15, 0.2) is 0 Å². The average Bonchev–Trinajstić information content (AvgIpc) is 2.19. The second-order valence-corrected chi connectivity index (χ2v) is 5.34. The summed E-state index contributed by atoms with van der Waals surface area (Å²) in [6.45, 7) is 10.2. The Balaban J connectivity index is 2.33. The van der Waals surface area contributed by atoms with Crippen molar-refractivity contribution >= 4 is 0 Å². The maximum atomic E-state index is 5.76. The molecule has 0 aliphatic carbocycles. The van der Waals surface area contributed by atoms with Crippen LogP contribution in [-0.2, 0) is 4.74 Å². The molecule has 0 aromatic carbocycles. The maximum absolute atomic E-state index is 5.76. The highest BCUT2D eigenvalue weighted by Crippen LogP contribution is 2.19. The molecule has 0 spiro atoms. The fraction of sp³-hybridized carbons (Fsp3) is 1.00. The zero-order valence-electron chi connectivity index (χ0n) is 10.4. The lowest BCUT2D eigenvalue weighted by Crippen LogP contribution is -2.51. The van der Waals surface area contributed by atoms with E-state index in [0.717, 1.165) is 26.3 Å². The number of hydrogen-bond donors (Lipinski definition) is 2. The van der Waals surface area contributed by atoms with Crippen LogP contribution in [0.5, 0.6) is 0 Å². The molecule has 1 heterocycles. The number of ether oxygens (including phenoxy) is 1. The van der Waals surface area contributed by atoms with Gasteiger partial charge in [-0.15, -0.1) is 0 Å². The van der Waals surface area contributed by atoms with Crippen molar-refractivity contribution in [2.75, 3.05) is 26.3 Å². The molecular weight excluding hydrogens is 188 g/mol. The summed E-state index contributed by atoms with van der Waals surface area (Å²) in [7, 11) is 0. The first-order chi connectivity index (χ1) is 7.07. The summed E-state index contributed by atoms with van der Waals surface area (Å²) >= 11 is 0. The van der Waals surface area contributed by atoms with Crippen LogP contribution in [0.4, 0.5) is 0 Å². The molecule has 90 valence electrons. The molecule has 1 rings (SSSR count). The molecule has 0 radical (unpaired) electrons. The van der Waals surface area contributed by atoms with Gasteiger partial charge in [-0.2, -0.15) is 0 Å². The molecule has 1 fully saturated rings. The van der Waals surface area contributed by atoms with Gasteiger partial charge >= 0.3 is 0 Å². The quantitative estimate of drug-likeness (QED) is 0.727. The van der Waals surface area contributed by atoms with Crippen molar-refractivity contribution < 1.29 is 4.74 Å². The number of hydrogen-bond acceptors (Lipinski definition) is 3. The molecule has 3 nitrogen and oxygen atoms in total. The van der Waals surface area contributed by atoms with Crippen LogP contribution in [0, 0.1) is 11.8 Å². The highest BCUT2D eigenvalue weighted by Gasteiger charge is 2.27. The third-order valence-corrected chi connectivity index (χ3v) is 3.47. The molecule has 0 aromatic rings. The van der Waals surface area contributed by atoms with Crippen molar-refractivity contribution in [1.29, 1.82) is 0 Å². The van der Waals surface area contributed by atoms with Crippen LogP contribution in [0.3, 0.4) is 0 Å². The fourth-order valence-electron chi connectivity index (χ4n) is 2.04. The van der Waals surface area contributed by atoms with Gasteiger partial charge in [-0.1, -0.05) is 13.8 Å². The smallest absolute Gasteiger partial charge is 0.0645 e. The third kappa shape index (κ3) is 4.09. The zero-order chi connectivity index (χ0) is 11.3. The van der Waals surface area contributed by atoms with E-state index in [9.17, 15) is 0 Å². The van der Waals surface area contributed by atoms with Gasteiger partial charge in [0, 0.05) is 12.1 Å². The summed E-state index contributed by atoms with van der Waals surface area (Å²) in [5.74, 6) is 1.22. The van der Waals surface area contributed by atoms with Crippen LogP contribution in [0.1, 0.15) is 33.6 Å². The Hall–Kier alpha value is -0.120. The molecule has 15 heavy (non-hydrogen) atoms. The molecule has 0 amide bonds. The van der Waals surface area contributed by atoms with Crippen molar-refractivity contribution in [3.05, 3.63) is 0 Å². The van der Waals surface area contributed by atoms with Gasteiger partial charge in [0.1, 0.15) is 0 Å². The fourth-order valence-corrected chi connectivity index (χ4v) is 2.04. The largest absolute Gasteiger partial charge is 0.380 e. The molecule has 0 aromatic heterocycles. The van der Waals surface area contributed by atoms with Crippen LogP contribution in [0.25, 0.3) is 0 Å². The van der Waals surface area contributed by atoms with Crippen molar-refractivity contribution in [3.8, 4) is 0 Å². The Morgan fingerprint density at radius 3 is 2.67 bits per heavy atom. The summed E-state index contributed by atoms with van der Waals surface area (Å²) in [5, 5.41) is 3.63. The lowest BCUT2D eigenvalue weighted by atomic mass is 9.91. The third-order valence-electron chi connectivity index (χ3n) is 3.47. The number of nitrogens with two attached hydrogens (primary N) is 1. The van der Waals surface area contributed by atoms with Gasteiger partial charge in [0.2, 0.25) is 0 Å². The Bertz CT molecular complexity index is 176. The molecule has 2 atom stereocenters. The lowest BCUT2D eigenvalue weighted by Gasteiger charge is -2.36. The normalized spacial score (nSPS) is 29.4. The van der Waals surface area contributed by atoms with Crippen LogP contribution in [0.2, 0.25) is 0 Å². The van der Waals surface area contributed by atoms with Crippen LogP contribution < -0.4 is 11.1 Å². The highest BCUT2D eigenvalue weighted by molar-refractivity contribution is 4.86. The lowest BCUT2D eigenvalue weighted by molar-refractivity contribution is 0.0261. The van der Waals surface area contributed by atoms with Crippen molar-refractivity contribution in [2.45, 2.75) is 39.2 Å².